The molecule has 2 aromatic rings. The van der Waals surface area contributed by atoms with Crippen LogP contribution in [0.3, 0.4) is 0 Å². The Hall–Kier alpha value is -2.89. The summed E-state index contributed by atoms with van der Waals surface area (Å²) in [5.41, 5.74) is 0.689. The van der Waals surface area contributed by atoms with E-state index in [1.807, 2.05) is 0 Å². The standard InChI is InChI=1S/C17H17NO5/c1-2-23-15(19)10-14(16(20)13-8-9-22-11-13)18-17(21)12-6-4-3-5-7-12/h3-9,11,14H,2,10H2,1H3,(H,18,21). The van der Waals surface area contributed by atoms with Crippen LogP contribution in [0.5, 0.6) is 0 Å². The molecule has 1 amide bonds. The van der Waals surface area contributed by atoms with Crippen LogP contribution in [0.25, 0.3) is 0 Å². The zero-order valence-corrected chi connectivity index (χ0v) is 12.7. The van der Waals surface area contributed by atoms with E-state index in [-0.39, 0.29) is 18.6 Å². The molecule has 0 saturated carbocycles. The van der Waals surface area contributed by atoms with Gasteiger partial charge in [-0.05, 0) is 25.1 Å². The minimum absolute atomic E-state index is 0.206. The van der Waals surface area contributed by atoms with Gasteiger partial charge in [0.25, 0.3) is 5.91 Å². The van der Waals surface area contributed by atoms with Gasteiger partial charge in [0.2, 0.25) is 0 Å². The summed E-state index contributed by atoms with van der Waals surface area (Å²) in [5, 5.41) is 2.58. The topological polar surface area (TPSA) is 85.6 Å². The number of nitrogens with one attached hydrogen (secondary N) is 1. The monoisotopic (exact) mass is 315 g/mol. The van der Waals surface area contributed by atoms with Crippen LogP contribution >= 0.6 is 0 Å². The number of hydrogen-bond donors (Lipinski definition) is 1. The fraction of sp³-hybridized carbons (Fsp3) is 0.235. The summed E-state index contributed by atoms with van der Waals surface area (Å²) in [6, 6.07) is 8.93. The summed E-state index contributed by atoms with van der Waals surface area (Å²) in [5.74, 6) is -1.39. The summed E-state index contributed by atoms with van der Waals surface area (Å²) < 4.78 is 9.74. The number of furan rings is 1. The first kappa shape index (κ1) is 16.5. The van der Waals surface area contributed by atoms with Crippen LogP contribution in [-0.4, -0.2) is 30.3 Å². The predicted octanol–water partition coefficient (Wildman–Crippen LogP) is 2.21. The third-order valence-corrected chi connectivity index (χ3v) is 3.14. The summed E-state index contributed by atoms with van der Waals surface area (Å²) >= 11 is 0. The SMILES string of the molecule is CCOC(=O)CC(NC(=O)c1ccccc1)C(=O)c1ccoc1. The second-order valence-electron chi connectivity index (χ2n) is 4.78. The molecular formula is C17H17NO5. The largest absolute Gasteiger partial charge is 0.472 e. The van der Waals surface area contributed by atoms with Gasteiger partial charge in [0.1, 0.15) is 12.3 Å². The Bertz CT molecular complexity index is 664. The van der Waals surface area contributed by atoms with Gasteiger partial charge in [0.05, 0.1) is 24.9 Å². The van der Waals surface area contributed by atoms with Gasteiger partial charge in [-0.1, -0.05) is 18.2 Å². The third kappa shape index (κ3) is 4.54. The van der Waals surface area contributed by atoms with E-state index in [0.717, 1.165) is 0 Å². The maximum Gasteiger partial charge on any atom is 0.308 e. The molecule has 0 aliphatic heterocycles. The van der Waals surface area contributed by atoms with Crippen molar-refractivity contribution in [3.63, 3.8) is 0 Å². The Morgan fingerprint density at radius 3 is 2.48 bits per heavy atom. The first-order valence-corrected chi connectivity index (χ1v) is 7.19. The highest BCUT2D eigenvalue weighted by atomic mass is 16.5. The molecule has 0 aliphatic rings. The second-order valence-corrected chi connectivity index (χ2v) is 4.78. The Balaban J connectivity index is 2.14. The van der Waals surface area contributed by atoms with Crippen LogP contribution in [0.4, 0.5) is 0 Å². The van der Waals surface area contributed by atoms with Crippen LogP contribution < -0.4 is 5.32 Å². The summed E-state index contributed by atoms with van der Waals surface area (Å²) in [4.78, 5) is 36.4. The molecule has 6 heteroatoms. The van der Waals surface area contributed by atoms with Gasteiger partial charge in [-0.25, -0.2) is 0 Å². The number of Topliss-reactive ketones (excluding diaryl/α,β-unsaturated/α-hetero) is 1. The minimum atomic E-state index is -1.01. The lowest BCUT2D eigenvalue weighted by atomic mass is 10.0. The van der Waals surface area contributed by atoms with Crippen LogP contribution in [0, 0.1) is 0 Å². The summed E-state index contributed by atoms with van der Waals surface area (Å²) in [6.07, 6.45) is 2.39. The number of carbonyl (C=O) groups excluding carboxylic acids is 3. The first-order valence-electron chi connectivity index (χ1n) is 7.19. The molecule has 0 fully saturated rings. The van der Waals surface area contributed by atoms with Crippen molar-refractivity contribution in [2.24, 2.45) is 0 Å². The average molecular weight is 315 g/mol. The highest BCUT2D eigenvalue weighted by molar-refractivity contribution is 6.05. The molecule has 0 saturated heterocycles. The maximum atomic E-state index is 12.4. The molecule has 1 aromatic carbocycles. The fourth-order valence-corrected chi connectivity index (χ4v) is 2.03. The quantitative estimate of drug-likeness (QED) is 0.625. The zero-order valence-electron chi connectivity index (χ0n) is 12.7. The molecule has 120 valence electrons. The van der Waals surface area contributed by atoms with Crippen LogP contribution in [0.1, 0.15) is 34.1 Å². The number of ketones is 1. The lowest BCUT2D eigenvalue weighted by Gasteiger charge is -2.16. The molecule has 2 rings (SSSR count). The fourth-order valence-electron chi connectivity index (χ4n) is 2.03. The molecule has 1 atom stereocenters. The van der Waals surface area contributed by atoms with Crippen molar-refractivity contribution in [1.29, 1.82) is 0 Å². The second kappa shape index (κ2) is 7.93. The molecule has 0 radical (unpaired) electrons. The van der Waals surface area contributed by atoms with Gasteiger partial charge in [-0.15, -0.1) is 0 Å². The minimum Gasteiger partial charge on any atom is -0.472 e. The Labute approximate surface area is 133 Å². The number of esters is 1. The van der Waals surface area contributed by atoms with Gasteiger partial charge >= 0.3 is 5.97 Å². The van der Waals surface area contributed by atoms with E-state index in [2.05, 4.69) is 5.32 Å². The summed E-state index contributed by atoms with van der Waals surface area (Å²) in [6.45, 7) is 1.88. The van der Waals surface area contributed by atoms with E-state index >= 15 is 0 Å². The molecule has 0 aliphatic carbocycles. The van der Waals surface area contributed by atoms with Crippen molar-refractivity contribution < 1.29 is 23.5 Å². The average Bonchev–Trinajstić information content (AvgIpc) is 3.09. The van der Waals surface area contributed by atoms with Crippen LogP contribution in [0.15, 0.2) is 53.3 Å². The third-order valence-electron chi connectivity index (χ3n) is 3.14. The first-order chi connectivity index (χ1) is 11.1. The highest BCUT2D eigenvalue weighted by Crippen LogP contribution is 2.09. The number of hydrogen-bond acceptors (Lipinski definition) is 5. The highest BCUT2D eigenvalue weighted by Gasteiger charge is 2.26. The molecule has 1 heterocycles. The number of rotatable bonds is 7. The predicted molar refractivity (Wildman–Crippen MR) is 82.0 cm³/mol. The van der Waals surface area contributed by atoms with Gasteiger partial charge in [-0.3, -0.25) is 14.4 Å². The van der Waals surface area contributed by atoms with Crippen molar-refractivity contribution in [1.82, 2.24) is 5.32 Å². The van der Waals surface area contributed by atoms with E-state index in [4.69, 9.17) is 9.15 Å². The number of benzene rings is 1. The number of amides is 1. The maximum absolute atomic E-state index is 12.4. The Kier molecular flexibility index (Phi) is 5.68. The van der Waals surface area contributed by atoms with E-state index in [1.165, 1.54) is 18.6 Å². The number of carbonyl (C=O) groups is 3. The van der Waals surface area contributed by atoms with Gasteiger partial charge in [0, 0.05) is 5.56 Å². The molecular weight excluding hydrogens is 298 g/mol. The molecule has 0 bridgehead atoms. The Morgan fingerprint density at radius 2 is 1.87 bits per heavy atom. The summed E-state index contributed by atoms with van der Waals surface area (Å²) in [7, 11) is 0. The molecule has 1 unspecified atom stereocenters. The van der Waals surface area contributed by atoms with Crippen LogP contribution in [-0.2, 0) is 9.53 Å². The zero-order chi connectivity index (χ0) is 16.7. The smallest absolute Gasteiger partial charge is 0.308 e. The Morgan fingerprint density at radius 1 is 1.13 bits per heavy atom. The van der Waals surface area contributed by atoms with Crippen molar-refractivity contribution >= 4 is 17.7 Å². The molecule has 0 spiro atoms. The molecule has 1 aromatic heterocycles. The van der Waals surface area contributed by atoms with Crippen LogP contribution in [0.2, 0.25) is 0 Å². The van der Waals surface area contributed by atoms with E-state index in [9.17, 15) is 14.4 Å². The van der Waals surface area contributed by atoms with E-state index in [1.54, 1.807) is 37.3 Å². The van der Waals surface area contributed by atoms with Gasteiger partial charge < -0.3 is 14.5 Å². The number of ether oxygens (including phenoxy) is 1. The lowest BCUT2D eigenvalue weighted by Crippen LogP contribution is -2.42. The lowest BCUT2D eigenvalue weighted by molar-refractivity contribution is -0.143. The van der Waals surface area contributed by atoms with Crippen molar-refractivity contribution in [3.05, 3.63) is 60.1 Å². The van der Waals surface area contributed by atoms with Gasteiger partial charge in [-0.2, -0.15) is 0 Å². The molecule has 23 heavy (non-hydrogen) atoms. The van der Waals surface area contributed by atoms with Gasteiger partial charge in [0.15, 0.2) is 5.78 Å². The van der Waals surface area contributed by atoms with Crippen molar-refractivity contribution in [3.8, 4) is 0 Å². The molecule has 1 N–H and O–H groups in total. The van der Waals surface area contributed by atoms with E-state index < -0.39 is 23.7 Å². The molecule has 6 nitrogen and oxygen atoms in total. The van der Waals surface area contributed by atoms with Crippen molar-refractivity contribution in [2.45, 2.75) is 19.4 Å². The van der Waals surface area contributed by atoms with Crippen molar-refractivity contribution in [2.75, 3.05) is 6.61 Å². The van der Waals surface area contributed by atoms with E-state index in [0.29, 0.717) is 5.56 Å². The normalized spacial score (nSPS) is 11.5.